The number of rotatable bonds is 25. The second kappa shape index (κ2) is 22.9. The minimum absolute atomic E-state index is 0.0489. The number of thioether (sulfide) groups is 1. The monoisotopic (exact) mass is 571 g/mol. The molecule has 0 bridgehead atoms. The van der Waals surface area contributed by atoms with E-state index < -0.39 is 12.2 Å². The molecule has 1 rings (SSSR count). The smallest absolute Gasteiger partial charge is 0.116 e. The number of azo groups is 1. The normalized spacial score (nSPS) is 13.1. The van der Waals surface area contributed by atoms with Crippen molar-refractivity contribution in [2.75, 3.05) is 90.7 Å². The van der Waals surface area contributed by atoms with E-state index in [1.54, 1.807) is 5.41 Å². The molecule has 0 aliphatic rings. The molecular formula is C27H45N3O8S. The van der Waals surface area contributed by atoms with Crippen LogP contribution in [0.4, 0.5) is 11.4 Å². The molecule has 12 heteroatoms. The van der Waals surface area contributed by atoms with Gasteiger partial charge in [-0.3, -0.25) is 0 Å². The van der Waals surface area contributed by atoms with E-state index in [1.165, 1.54) is 11.8 Å². The number of aliphatic hydroxyl groups excluding tert-OH is 3. The second-order valence-electron chi connectivity index (χ2n) is 8.36. The fourth-order valence-corrected chi connectivity index (χ4v) is 3.56. The lowest BCUT2D eigenvalue weighted by molar-refractivity contribution is -0.00951. The number of hydrogen-bond donors (Lipinski definition) is 3. The van der Waals surface area contributed by atoms with Crippen LogP contribution in [0.5, 0.6) is 0 Å². The number of aryl methyl sites for hydroxylation is 1. The van der Waals surface area contributed by atoms with Crippen molar-refractivity contribution >= 4 is 23.1 Å². The van der Waals surface area contributed by atoms with Crippen molar-refractivity contribution in [2.24, 2.45) is 10.2 Å². The summed E-state index contributed by atoms with van der Waals surface area (Å²) in [7, 11) is 0. The lowest BCUT2D eigenvalue weighted by atomic mass is 10.1. The maximum absolute atomic E-state index is 10.7. The molecule has 2 unspecified atom stereocenters. The lowest BCUT2D eigenvalue weighted by Crippen LogP contribution is -2.41. The van der Waals surface area contributed by atoms with Crippen molar-refractivity contribution in [3.05, 3.63) is 47.4 Å². The van der Waals surface area contributed by atoms with Gasteiger partial charge in [-0.05, 0) is 43.0 Å². The summed E-state index contributed by atoms with van der Waals surface area (Å²) in [6, 6.07) is 5.62. The van der Waals surface area contributed by atoms with Crippen LogP contribution in [-0.4, -0.2) is 113 Å². The van der Waals surface area contributed by atoms with E-state index in [9.17, 15) is 10.2 Å². The fraction of sp³-hybridized carbons (Fsp3) is 0.630. The van der Waals surface area contributed by atoms with Gasteiger partial charge in [-0.2, -0.15) is 0 Å². The fourth-order valence-electron chi connectivity index (χ4n) is 3.28. The van der Waals surface area contributed by atoms with Gasteiger partial charge in [0.1, 0.15) is 5.03 Å². The number of benzene rings is 1. The number of nitrogens with zero attached hydrogens (tertiary/aromatic N) is 3. The molecule has 0 aliphatic carbocycles. The molecule has 1 aromatic rings. The van der Waals surface area contributed by atoms with Gasteiger partial charge in [0.05, 0.1) is 84.0 Å². The van der Waals surface area contributed by atoms with Crippen LogP contribution >= 0.6 is 11.8 Å². The highest BCUT2D eigenvalue weighted by Crippen LogP contribution is 2.27. The Labute approximate surface area is 236 Å². The van der Waals surface area contributed by atoms with Crippen molar-refractivity contribution < 1.29 is 39.0 Å². The van der Waals surface area contributed by atoms with Gasteiger partial charge in [0.25, 0.3) is 0 Å². The van der Waals surface area contributed by atoms with E-state index in [1.807, 2.05) is 36.9 Å². The first-order chi connectivity index (χ1) is 18.9. The van der Waals surface area contributed by atoms with Crippen LogP contribution < -0.4 is 4.90 Å². The zero-order valence-corrected chi connectivity index (χ0v) is 24.0. The second-order valence-corrected chi connectivity index (χ2v) is 9.40. The third kappa shape index (κ3) is 17.4. The first-order valence-electron chi connectivity index (χ1n) is 13.0. The van der Waals surface area contributed by atoms with Gasteiger partial charge < -0.3 is 43.9 Å². The number of anilines is 1. The van der Waals surface area contributed by atoms with Crippen molar-refractivity contribution in [2.45, 2.75) is 26.1 Å². The van der Waals surface area contributed by atoms with Crippen molar-refractivity contribution in [1.82, 2.24) is 0 Å². The molecule has 0 aromatic heterocycles. The predicted octanol–water partition coefficient (Wildman–Crippen LogP) is 3.05. The van der Waals surface area contributed by atoms with Crippen molar-refractivity contribution in [1.29, 1.82) is 0 Å². The Morgan fingerprint density at radius 2 is 1.51 bits per heavy atom. The molecule has 0 spiro atoms. The first-order valence-corrected chi connectivity index (χ1v) is 13.9. The van der Waals surface area contributed by atoms with Crippen LogP contribution in [0.15, 0.2) is 52.0 Å². The summed E-state index contributed by atoms with van der Waals surface area (Å²) in [6.07, 6.45) is -1.61. The van der Waals surface area contributed by atoms with Gasteiger partial charge in [0, 0.05) is 25.4 Å². The van der Waals surface area contributed by atoms with Gasteiger partial charge in [-0.25, -0.2) is 0 Å². The van der Waals surface area contributed by atoms with Crippen LogP contribution in [-0.2, 0) is 23.7 Å². The van der Waals surface area contributed by atoms with E-state index in [0.717, 1.165) is 11.3 Å². The molecule has 0 saturated heterocycles. The number of ether oxygens (including phenoxy) is 5. The van der Waals surface area contributed by atoms with E-state index >= 15 is 0 Å². The molecular weight excluding hydrogens is 526 g/mol. The van der Waals surface area contributed by atoms with Crippen LogP contribution in [0.3, 0.4) is 0 Å². The van der Waals surface area contributed by atoms with E-state index in [0.29, 0.717) is 57.0 Å². The van der Waals surface area contributed by atoms with Crippen LogP contribution in [0.2, 0.25) is 0 Å². The Kier molecular flexibility index (Phi) is 20.6. The Hall–Kier alpha value is -1.87. The third-order valence-electron chi connectivity index (χ3n) is 5.07. The van der Waals surface area contributed by atoms with Gasteiger partial charge in [-0.1, -0.05) is 24.9 Å². The minimum Gasteiger partial charge on any atom is -0.394 e. The Balaban J connectivity index is 2.73. The standard InChI is InChI=1S/C27H45N3O8S/c1-5-34-11-12-36-14-16-38-21-26(33)19-30(18-25(32)20-37-15-13-35-10-9-31)24-7-8-27(22(3)17-24)29-28-23(4)39-6-2/h6-8,17,25-26,31-33H,2,4-5,9-16,18-21H2,1,3H3. The van der Waals surface area contributed by atoms with Gasteiger partial charge in [-0.15, -0.1) is 10.2 Å². The molecule has 0 fully saturated rings. The zero-order valence-electron chi connectivity index (χ0n) is 23.2. The van der Waals surface area contributed by atoms with E-state index in [4.69, 9.17) is 28.8 Å². The quantitative estimate of drug-likeness (QED) is 0.119. The van der Waals surface area contributed by atoms with Gasteiger partial charge in [0.15, 0.2) is 0 Å². The summed E-state index contributed by atoms with van der Waals surface area (Å²) in [4.78, 5) is 1.88. The highest BCUT2D eigenvalue weighted by Gasteiger charge is 2.18. The highest BCUT2D eigenvalue weighted by molar-refractivity contribution is 8.05. The predicted molar refractivity (Wildman–Crippen MR) is 154 cm³/mol. The lowest BCUT2D eigenvalue weighted by Gasteiger charge is -2.30. The van der Waals surface area contributed by atoms with Crippen molar-refractivity contribution in [3.8, 4) is 0 Å². The van der Waals surface area contributed by atoms with E-state index in [2.05, 4.69) is 23.4 Å². The van der Waals surface area contributed by atoms with Crippen LogP contribution in [0, 0.1) is 6.92 Å². The summed E-state index contributed by atoms with van der Waals surface area (Å²) >= 11 is 1.29. The molecule has 0 radical (unpaired) electrons. The van der Waals surface area contributed by atoms with Crippen LogP contribution in [0.25, 0.3) is 0 Å². The first kappa shape index (κ1) is 35.2. The maximum Gasteiger partial charge on any atom is 0.116 e. The number of aliphatic hydroxyl groups is 3. The Morgan fingerprint density at radius 3 is 2.05 bits per heavy atom. The SMILES string of the molecule is C=CSC(=C)N=Nc1ccc(N(CC(O)COCCOCCO)CC(O)COCCOCCOCC)cc1C. The Bertz CT molecular complexity index is 830. The molecule has 0 heterocycles. The summed E-state index contributed by atoms with van der Waals surface area (Å²) in [5.74, 6) is 0. The average molecular weight is 572 g/mol. The molecule has 222 valence electrons. The summed E-state index contributed by atoms with van der Waals surface area (Å²) in [6.45, 7) is 15.2. The molecule has 1 aromatic carbocycles. The minimum atomic E-state index is -0.811. The average Bonchev–Trinajstić information content (AvgIpc) is 2.91. The summed E-state index contributed by atoms with van der Waals surface area (Å²) < 4.78 is 26.9. The Morgan fingerprint density at radius 1 is 0.949 bits per heavy atom. The molecule has 3 N–H and O–H groups in total. The van der Waals surface area contributed by atoms with E-state index in [-0.39, 0.29) is 39.5 Å². The largest absolute Gasteiger partial charge is 0.394 e. The highest BCUT2D eigenvalue weighted by atomic mass is 32.2. The summed E-state index contributed by atoms with van der Waals surface area (Å²) in [5, 5.41) is 40.5. The molecule has 0 amide bonds. The maximum atomic E-state index is 10.7. The van der Waals surface area contributed by atoms with Crippen LogP contribution in [0.1, 0.15) is 12.5 Å². The third-order valence-corrected chi connectivity index (χ3v) is 5.59. The molecule has 11 nitrogen and oxygen atoms in total. The summed E-state index contributed by atoms with van der Waals surface area (Å²) in [5.41, 5.74) is 2.36. The molecule has 39 heavy (non-hydrogen) atoms. The topological polar surface area (TPSA) is 135 Å². The molecule has 0 aliphatic heterocycles. The zero-order chi connectivity index (χ0) is 28.7. The molecule has 2 atom stereocenters. The van der Waals surface area contributed by atoms with Gasteiger partial charge >= 0.3 is 0 Å². The number of hydrogen-bond acceptors (Lipinski definition) is 12. The molecule has 0 saturated carbocycles. The van der Waals surface area contributed by atoms with Crippen molar-refractivity contribution in [3.63, 3.8) is 0 Å². The van der Waals surface area contributed by atoms with Gasteiger partial charge in [0.2, 0.25) is 0 Å².